The molecule has 0 aliphatic carbocycles. The number of thiazole rings is 1. The molecule has 0 saturated carbocycles. The van der Waals surface area contributed by atoms with Crippen LogP contribution in [0.1, 0.15) is 26.7 Å². The lowest BCUT2D eigenvalue weighted by Gasteiger charge is -2.17. The molecular weight excluding hydrogens is 693 g/mol. The molecule has 0 radical (unpaired) electrons. The van der Waals surface area contributed by atoms with Crippen molar-refractivity contribution in [2.24, 2.45) is 0 Å². The monoisotopic (exact) mass is 726 g/mol. The number of ether oxygens (including phenoxy) is 2. The van der Waals surface area contributed by atoms with Crippen LogP contribution in [-0.4, -0.2) is 36.9 Å². The summed E-state index contributed by atoms with van der Waals surface area (Å²) in [4.78, 5) is 46.0. The Morgan fingerprint density at radius 1 is 0.769 bits per heavy atom. The van der Waals surface area contributed by atoms with Crippen molar-refractivity contribution >= 4 is 57.7 Å². The van der Waals surface area contributed by atoms with Gasteiger partial charge in [0.15, 0.2) is 5.13 Å². The fourth-order valence-corrected chi connectivity index (χ4v) is 6.88. The maximum atomic E-state index is 13.7. The van der Waals surface area contributed by atoms with Gasteiger partial charge in [-0.15, -0.1) is 23.1 Å². The van der Waals surface area contributed by atoms with E-state index in [9.17, 15) is 14.4 Å². The average molecular weight is 727 g/mol. The van der Waals surface area contributed by atoms with E-state index >= 15 is 0 Å². The summed E-state index contributed by atoms with van der Waals surface area (Å²) >= 11 is 2.75. The summed E-state index contributed by atoms with van der Waals surface area (Å²) in [5, 5.41) is 10.5. The van der Waals surface area contributed by atoms with Crippen LogP contribution in [0.25, 0.3) is 17.3 Å². The molecule has 3 N–H and O–H groups in total. The number of nitrogens with one attached hydrogen (secondary N) is 3. The summed E-state index contributed by atoms with van der Waals surface area (Å²) in [6.45, 7) is 0. The van der Waals surface area contributed by atoms with Crippen LogP contribution in [0.2, 0.25) is 0 Å². The molecule has 0 bridgehead atoms. The number of carbonyl (C=O) groups is 3. The van der Waals surface area contributed by atoms with Crippen LogP contribution in [-0.2, 0) is 9.59 Å². The van der Waals surface area contributed by atoms with Crippen LogP contribution in [0.3, 0.4) is 0 Å². The Hall–Kier alpha value is -6.17. The van der Waals surface area contributed by atoms with E-state index in [0.29, 0.717) is 33.4 Å². The van der Waals surface area contributed by atoms with E-state index < -0.39 is 17.1 Å². The first-order valence-corrected chi connectivity index (χ1v) is 17.9. The molecule has 1 unspecified atom stereocenters. The Kier molecular flexibility index (Phi) is 11.8. The zero-order valence-electron chi connectivity index (χ0n) is 28.2. The lowest BCUT2D eigenvalue weighted by molar-refractivity contribution is -0.116. The Morgan fingerprint density at radius 3 is 2.12 bits per heavy atom. The summed E-state index contributed by atoms with van der Waals surface area (Å²) in [7, 11) is 3.06. The van der Waals surface area contributed by atoms with Crippen LogP contribution in [0.4, 0.5) is 10.8 Å². The summed E-state index contributed by atoms with van der Waals surface area (Å²) < 4.78 is 10.8. The molecule has 0 saturated heterocycles. The second kappa shape index (κ2) is 17.2. The number of aromatic nitrogens is 1. The standard InChI is InChI=1S/C41H34N4O5S2/c1-49-32-21-18-30(36(25-32)50-2)24-34(43-38(46)29-16-10-5-11-17-29)39(47)42-31-19-22-33(23-20-31)52-37(28-14-8-4-9-15-28)40(48)45-41-44-35(26-51-41)27-12-6-3-7-13-27/h3-26,37H,1-2H3,(H,42,47)(H,43,46)(H,44,45,48)/b34-24-. The van der Waals surface area contributed by atoms with Gasteiger partial charge in [-0.2, -0.15) is 0 Å². The molecule has 52 heavy (non-hydrogen) atoms. The third-order valence-electron chi connectivity index (χ3n) is 7.78. The molecule has 11 heteroatoms. The van der Waals surface area contributed by atoms with Gasteiger partial charge >= 0.3 is 0 Å². The second-order valence-corrected chi connectivity index (χ2v) is 13.3. The topological polar surface area (TPSA) is 119 Å². The molecule has 3 amide bonds. The Labute approximate surface area is 309 Å². The highest BCUT2D eigenvalue weighted by molar-refractivity contribution is 8.00. The number of carbonyl (C=O) groups excluding carboxylic acids is 3. The molecule has 6 aromatic rings. The fourth-order valence-electron chi connectivity index (χ4n) is 5.13. The predicted molar refractivity (Wildman–Crippen MR) is 208 cm³/mol. The summed E-state index contributed by atoms with van der Waals surface area (Å²) in [5.74, 6) is -0.148. The molecular formula is C41H34N4O5S2. The molecule has 0 aliphatic heterocycles. The summed E-state index contributed by atoms with van der Waals surface area (Å²) in [6.07, 6.45) is 1.55. The first-order chi connectivity index (χ1) is 25.4. The molecule has 0 fully saturated rings. The van der Waals surface area contributed by atoms with Crippen molar-refractivity contribution in [1.29, 1.82) is 0 Å². The lowest BCUT2D eigenvalue weighted by Crippen LogP contribution is -2.30. The number of thioether (sulfide) groups is 1. The van der Waals surface area contributed by atoms with Crippen LogP contribution in [0, 0.1) is 0 Å². The van der Waals surface area contributed by atoms with Crippen LogP contribution in [0.5, 0.6) is 11.5 Å². The van der Waals surface area contributed by atoms with Gasteiger partial charge in [0.25, 0.3) is 11.8 Å². The predicted octanol–water partition coefficient (Wildman–Crippen LogP) is 8.71. The van der Waals surface area contributed by atoms with Gasteiger partial charge in [-0.1, -0.05) is 78.9 Å². The van der Waals surface area contributed by atoms with Crippen molar-refractivity contribution in [3.63, 3.8) is 0 Å². The van der Waals surface area contributed by atoms with Crippen LogP contribution in [0.15, 0.2) is 149 Å². The molecule has 1 aromatic heterocycles. The van der Waals surface area contributed by atoms with Crippen LogP contribution >= 0.6 is 23.1 Å². The zero-order valence-corrected chi connectivity index (χ0v) is 29.9. The van der Waals surface area contributed by atoms with Gasteiger partial charge in [0.2, 0.25) is 5.91 Å². The third-order valence-corrected chi connectivity index (χ3v) is 9.80. The quantitative estimate of drug-likeness (QED) is 0.0805. The first-order valence-electron chi connectivity index (χ1n) is 16.1. The molecule has 5 aromatic carbocycles. The average Bonchev–Trinajstić information content (AvgIpc) is 3.66. The zero-order chi connectivity index (χ0) is 36.3. The lowest BCUT2D eigenvalue weighted by atomic mass is 10.1. The van der Waals surface area contributed by atoms with E-state index in [1.807, 2.05) is 78.2 Å². The Bertz CT molecular complexity index is 2170. The second-order valence-electron chi connectivity index (χ2n) is 11.3. The van der Waals surface area contributed by atoms with E-state index in [0.717, 1.165) is 21.7 Å². The van der Waals surface area contributed by atoms with Crippen molar-refractivity contribution in [3.8, 4) is 22.8 Å². The third kappa shape index (κ3) is 9.13. The molecule has 1 heterocycles. The molecule has 260 valence electrons. The molecule has 0 spiro atoms. The van der Waals surface area contributed by atoms with Gasteiger partial charge in [0.1, 0.15) is 22.4 Å². The fraction of sp³-hybridized carbons (Fsp3) is 0.0732. The first kappa shape index (κ1) is 35.6. The number of rotatable bonds is 13. The maximum absolute atomic E-state index is 13.7. The minimum absolute atomic E-state index is 0.00851. The molecule has 6 rings (SSSR count). The molecule has 9 nitrogen and oxygen atoms in total. The van der Waals surface area contributed by atoms with Gasteiger partial charge in [-0.25, -0.2) is 4.98 Å². The van der Waals surface area contributed by atoms with Crippen molar-refractivity contribution in [3.05, 3.63) is 161 Å². The van der Waals surface area contributed by atoms with E-state index in [1.165, 1.54) is 30.2 Å². The summed E-state index contributed by atoms with van der Waals surface area (Å²) in [6, 6.07) is 40.3. The van der Waals surface area contributed by atoms with Gasteiger partial charge < -0.3 is 25.4 Å². The Morgan fingerprint density at radius 2 is 1.44 bits per heavy atom. The number of hydrogen-bond acceptors (Lipinski definition) is 8. The van der Waals surface area contributed by atoms with Gasteiger partial charge in [0.05, 0.1) is 19.9 Å². The number of hydrogen-bond donors (Lipinski definition) is 3. The number of nitrogens with zero attached hydrogens (tertiary/aromatic N) is 1. The SMILES string of the molecule is COc1ccc(/C=C(\NC(=O)c2ccccc2)C(=O)Nc2ccc(SC(C(=O)Nc3nc(-c4ccccc4)cs3)c3ccccc3)cc2)c(OC)c1. The van der Waals surface area contributed by atoms with Crippen molar-refractivity contribution in [2.75, 3.05) is 24.9 Å². The van der Waals surface area contributed by atoms with Crippen molar-refractivity contribution in [2.45, 2.75) is 10.1 Å². The normalized spacial score (nSPS) is 11.6. The smallest absolute Gasteiger partial charge is 0.272 e. The summed E-state index contributed by atoms with van der Waals surface area (Å²) in [5.41, 5.74) is 4.06. The van der Waals surface area contributed by atoms with E-state index in [2.05, 4.69) is 20.9 Å². The number of anilines is 2. The minimum atomic E-state index is -0.576. The van der Waals surface area contributed by atoms with Gasteiger partial charge in [-0.05, 0) is 60.2 Å². The van der Waals surface area contributed by atoms with Crippen molar-refractivity contribution in [1.82, 2.24) is 10.3 Å². The van der Waals surface area contributed by atoms with Crippen molar-refractivity contribution < 1.29 is 23.9 Å². The number of amides is 3. The highest BCUT2D eigenvalue weighted by atomic mass is 32.2. The largest absolute Gasteiger partial charge is 0.497 e. The highest BCUT2D eigenvalue weighted by Crippen LogP contribution is 2.37. The maximum Gasteiger partial charge on any atom is 0.272 e. The number of methoxy groups -OCH3 is 2. The van der Waals surface area contributed by atoms with Gasteiger partial charge in [-0.3, -0.25) is 14.4 Å². The van der Waals surface area contributed by atoms with Crippen LogP contribution < -0.4 is 25.4 Å². The minimum Gasteiger partial charge on any atom is -0.497 e. The van der Waals surface area contributed by atoms with E-state index in [1.54, 1.807) is 73.8 Å². The number of benzene rings is 5. The Balaban J connectivity index is 1.19. The van der Waals surface area contributed by atoms with Gasteiger partial charge in [0, 0.05) is 38.7 Å². The molecule has 0 aliphatic rings. The van der Waals surface area contributed by atoms with E-state index in [-0.39, 0.29) is 11.6 Å². The molecule has 1 atom stereocenters. The highest BCUT2D eigenvalue weighted by Gasteiger charge is 2.24. The van der Waals surface area contributed by atoms with E-state index in [4.69, 9.17) is 9.47 Å².